The van der Waals surface area contributed by atoms with Gasteiger partial charge in [-0.05, 0) is 45.1 Å². The molecule has 0 aliphatic rings. The van der Waals surface area contributed by atoms with E-state index in [2.05, 4.69) is 53.8 Å². The van der Waals surface area contributed by atoms with Crippen molar-refractivity contribution in [1.29, 1.82) is 0 Å². The molecule has 0 aliphatic carbocycles. The fraction of sp³-hybridized carbons (Fsp3) is 0.500. The number of aromatic nitrogens is 2. The van der Waals surface area contributed by atoms with Crippen LogP contribution in [0.25, 0.3) is 0 Å². The Balaban J connectivity index is 0.00000392. The summed E-state index contributed by atoms with van der Waals surface area (Å²) >= 11 is 0. The first kappa shape index (κ1) is 24.2. The van der Waals surface area contributed by atoms with Gasteiger partial charge in [0.25, 0.3) is 0 Å². The van der Waals surface area contributed by atoms with Gasteiger partial charge in [0.15, 0.2) is 5.96 Å². The van der Waals surface area contributed by atoms with E-state index < -0.39 is 0 Å². The number of rotatable bonds is 9. The summed E-state index contributed by atoms with van der Waals surface area (Å²) in [4.78, 5) is 6.94. The number of nitrogens with zero attached hydrogens (tertiary/aromatic N) is 4. The summed E-state index contributed by atoms with van der Waals surface area (Å²) in [5.74, 6) is 1.72. The number of methoxy groups -OCH3 is 1. The Morgan fingerprint density at radius 2 is 1.96 bits per heavy atom. The van der Waals surface area contributed by atoms with Gasteiger partial charge in [0.1, 0.15) is 5.75 Å². The highest BCUT2D eigenvalue weighted by molar-refractivity contribution is 14.0. The number of halogens is 1. The normalized spacial score (nSPS) is 12.4. The van der Waals surface area contributed by atoms with Crippen LogP contribution in [0.3, 0.4) is 0 Å². The molecule has 7 nitrogen and oxygen atoms in total. The second-order valence-corrected chi connectivity index (χ2v) is 6.67. The second kappa shape index (κ2) is 12.6. The summed E-state index contributed by atoms with van der Waals surface area (Å²) in [7, 11) is 7.75. The van der Waals surface area contributed by atoms with Crippen LogP contribution >= 0.6 is 24.0 Å². The van der Waals surface area contributed by atoms with Crippen LogP contribution in [0.5, 0.6) is 5.75 Å². The zero-order chi connectivity index (χ0) is 19.6. The molecule has 8 heteroatoms. The van der Waals surface area contributed by atoms with Gasteiger partial charge in [-0.25, -0.2) is 0 Å². The van der Waals surface area contributed by atoms with Gasteiger partial charge >= 0.3 is 0 Å². The minimum Gasteiger partial charge on any atom is -0.497 e. The lowest BCUT2D eigenvalue weighted by Crippen LogP contribution is -2.39. The summed E-state index contributed by atoms with van der Waals surface area (Å²) in [5.41, 5.74) is 2.43. The van der Waals surface area contributed by atoms with Gasteiger partial charge in [0.2, 0.25) is 0 Å². The maximum absolute atomic E-state index is 5.20. The van der Waals surface area contributed by atoms with Crippen molar-refractivity contribution >= 4 is 29.9 Å². The number of nitrogens with one attached hydrogen (secondary N) is 2. The van der Waals surface area contributed by atoms with E-state index in [0.717, 1.165) is 31.2 Å². The van der Waals surface area contributed by atoms with E-state index in [4.69, 9.17) is 9.73 Å². The molecule has 1 heterocycles. The third-order valence-corrected chi connectivity index (χ3v) is 4.36. The highest BCUT2D eigenvalue weighted by Crippen LogP contribution is 2.17. The van der Waals surface area contributed by atoms with Crippen LogP contribution in [0.15, 0.2) is 41.7 Å². The molecule has 156 valence electrons. The summed E-state index contributed by atoms with van der Waals surface area (Å²) in [6, 6.07) is 8.36. The Labute approximate surface area is 185 Å². The highest BCUT2D eigenvalue weighted by atomic mass is 127. The summed E-state index contributed by atoms with van der Waals surface area (Å²) in [6.45, 7) is 4.38. The first-order valence-corrected chi connectivity index (χ1v) is 9.33. The van der Waals surface area contributed by atoms with E-state index in [9.17, 15) is 0 Å². The molecule has 0 aliphatic heterocycles. The fourth-order valence-corrected chi connectivity index (χ4v) is 2.82. The summed E-state index contributed by atoms with van der Waals surface area (Å²) in [5, 5.41) is 11.0. The predicted octanol–water partition coefficient (Wildman–Crippen LogP) is 2.45. The average molecular weight is 500 g/mol. The number of benzene rings is 1. The molecular formula is C20H33IN6O. The van der Waals surface area contributed by atoms with Crippen molar-refractivity contribution in [2.45, 2.75) is 19.4 Å². The lowest BCUT2D eigenvalue weighted by Gasteiger charge is -2.22. The van der Waals surface area contributed by atoms with Crippen LogP contribution in [0, 0.1) is 0 Å². The van der Waals surface area contributed by atoms with E-state index in [0.29, 0.717) is 6.54 Å². The molecule has 1 unspecified atom stereocenters. The lowest BCUT2D eigenvalue weighted by atomic mass is 10.1. The molecule has 0 saturated carbocycles. The Morgan fingerprint density at radius 1 is 1.25 bits per heavy atom. The first-order chi connectivity index (χ1) is 13.0. The summed E-state index contributed by atoms with van der Waals surface area (Å²) in [6.07, 6.45) is 4.88. The topological polar surface area (TPSA) is 66.7 Å². The predicted molar refractivity (Wildman–Crippen MR) is 126 cm³/mol. The van der Waals surface area contributed by atoms with Crippen LogP contribution in [0.1, 0.15) is 24.1 Å². The molecule has 0 amide bonds. The molecule has 0 saturated heterocycles. The zero-order valence-electron chi connectivity index (χ0n) is 17.5. The van der Waals surface area contributed by atoms with Crippen molar-refractivity contribution in [2.24, 2.45) is 12.0 Å². The average Bonchev–Trinajstić information content (AvgIpc) is 3.08. The van der Waals surface area contributed by atoms with Crippen LogP contribution in [-0.2, 0) is 13.5 Å². The maximum Gasteiger partial charge on any atom is 0.191 e. The largest absolute Gasteiger partial charge is 0.497 e. The number of hydrogen-bond acceptors (Lipinski definition) is 4. The SMILES string of the molecule is CCNC(=NCC(c1cnn(C)c1)N(C)C)NCCc1ccc(OC)cc1.I. The molecule has 0 radical (unpaired) electrons. The summed E-state index contributed by atoms with van der Waals surface area (Å²) < 4.78 is 7.03. The van der Waals surface area contributed by atoms with E-state index in [1.807, 2.05) is 36.3 Å². The minimum absolute atomic E-state index is 0. The van der Waals surface area contributed by atoms with E-state index >= 15 is 0 Å². The number of likely N-dealkylation sites (N-methyl/N-ethyl adjacent to an activating group) is 1. The Hall–Kier alpha value is -1.81. The molecule has 1 aromatic carbocycles. The Bertz CT molecular complexity index is 714. The Morgan fingerprint density at radius 3 is 2.50 bits per heavy atom. The Kier molecular flexibility index (Phi) is 10.9. The third kappa shape index (κ3) is 7.67. The van der Waals surface area contributed by atoms with Crippen molar-refractivity contribution in [2.75, 3.05) is 40.8 Å². The van der Waals surface area contributed by atoms with Crippen molar-refractivity contribution in [3.05, 3.63) is 47.8 Å². The van der Waals surface area contributed by atoms with Crippen LogP contribution < -0.4 is 15.4 Å². The molecular weight excluding hydrogens is 467 g/mol. The van der Waals surface area contributed by atoms with E-state index in [-0.39, 0.29) is 30.0 Å². The molecule has 0 fully saturated rings. The zero-order valence-corrected chi connectivity index (χ0v) is 19.8. The number of aryl methyl sites for hydroxylation is 1. The standard InChI is InChI=1S/C20H32N6O.HI/c1-6-21-20(22-12-11-16-7-9-18(27-5)10-8-16)23-14-19(25(2)3)17-13-24-26(4)15-17;/h7-10,13,15,19H,6,11-12,14H2,1-5H3,(H2,21,22,23);1H. The number of ether oxygens (including phenoxy) is 1. The van der Waals surface area contributed by atoms with Crippen LogP contribution in [-0.4, -0.2) is 61.5 Å². The van der Waals surface area contributed by atoms with Gasteiger partial charge in [-0.3, -0.25) is 9.67 Å². The maximum atomic E-state index is 5.20. The first-order valence-electron chi connectivity index (χ1n) is 9.33. The van der Waals surface area contributed by atoms with Crippen molar-refractivity contribution < 1.29 is 4.74 Å². The van der Waals surface area contributed by atoms with Crippen LogP contribution in [0.2, 0.25) is 0 Å². The minimum atomic E-state index is 0. The highest BCUT2D eigenvalue weighted by Gasteiger charge is 2.15. The van der Waals surface area contributed by atoms with Gasteiger partial charge < -0.3 is 20.3 Å². The second-order valence-electron chi connectivity index (χ2n) is 6.67. The van der Waals surface area contributed by atoms with Crippen molar-refractivity contribution in [1.82, 2.24) is 25.3 Å². The van der Waals surface area contributed by atoms with Crippen LogP contribution in [0.4, 0.5) is 0 Å². The molecule has 0 bridgehead atoms. The smallest absolute Gasteiger partial charge is 0.191 e. The van der Waals surface area contributed by atoms with Gasteiger partial charge in [-0.2, -0.15) is 5.10 Å². The van der Waals surface area contributed by atoms with E-state index in [1.54, 1.807) is 7.11 Å². The quantitative estimate of drug-likeness (QED) is 0.315. The molecule has 2 aromatic rings. The van der Waals surface area contributed by atoms with Gasteiger partial charge in [-0.15, -0.1) is 24.0 Å². The molecule has 0 spiro atoms. The third-order valence-electron chi connectivity index (χ3n) is 4.36. The van der Waals surface area contributed by atoms with Gasteiger partial charge in [0.05, 0.1) is 25.9 Å². The van der Waals surface area contributed by atoms with Crippen molar-refractivity contribution in [3.63, 3.8) is 0 Å². The van der Waals surface area contributed by atoms with E-state index in [1.165, 1.54) is 11.1 Å². The monoisotopic (exact) mass is 500 g/mol. The van der Waals surface area contributed by atoms with Gasteiger partial charge in [0, 0.05) is 31.9 Å². The van der Waals surface area contributed by atoms with Crippen molar-refractivity contribution in [3.8, 4) is 5.75 Å². The molecule has 2 N–H and O–H groups in total. The van der Waals surface area contributed by atoms with Gasteiger partial charge in [-0.1, -0.05) is 12.1 Å². The number of aliphatic imine (C=N–C) groups is 1. The molecule has 28 heavy (non-hydrogen) atoms. The molecule has 1 atom stereocenters. The molecule has 1 aromatic heterocycles. The number of hydrogen-bond donors (Lipinski definition) is 2. The molecule has 2 rings (SSSR count). The lowest BCUT2D eigenvalue weighted by molar-refractivity contribution is 0.306. The number of guanidine groups is 1. The fourth-order valence-electron chi connectivity index (χ4n) is 2.82.